The molecule has 0 spiro atoms. The van der Waals surface area contributed by atoms with Gasteiger partial charge in [-0.2, -0.15) is 0 Å². The van der Waals surface area contributed by atoms with Gasteiger partial charge in [0.25, 0.3) is 0 Å². The van der Waals surface area contributed by atoms with Gasteiger partial charge in [-0.25, -0.2) is 0 Å². The molecule has 1 N–H and O–H groups in total. The van der Waals surface area contributed by atoms with E-state index in [1.165, 1.54) is 16.4 Å². The van der Waals surface area contributed by atoms with Crippen molar-refractivity contribution in [3.63, 3.8) is 0 Å². The fraction of sp³-hybridized carbons (Fsp3) is 0.833. The number of rotatable bonds is 8. The summed E-state index contributed by atoms with van der Waals surface area (Å²) in [7, 11) is 0. The minimum atomic E-state index is 0.725. The van der Waals surface area contributed by atoms with Crippen molar-refractivity contribution in [3.05, 3.63) is 10.0 Å². The Kier molecular flexibility index (Phi) is 6.57. The third kappa shape index (κ3) is 5.03. The maximum Gasteiger partial charge on any atom is 0.117 e. The van der Waals surface area contributed by atoms with Crippen LogP contribution in [0.1, 0.15) is 43.6 Å². The highest BCUT2D eigenvalue weighted by Gasteiger charge is 2.07. The normalized spacial score (nSPS) is 12.9. The summed E-state index contributed by atoms with van der Waals surface area (Å²) in [5.74, 6) is 0.725. The minimum Gasteiger partial charge on any atom is -0.317 e. The summed E-state index contributed by atoms with van der Waals surface area (Å²) in [5.41, 5.74) is 0. The fourth-order valence-corrected chi connectivity index (χ4v) is 2.51. The Labute approximate surface area is 103 Å². The van der Waals surface area contributed by atoms with Gasteiger partial charge in [-0.1, -0.05) is 27.2 Å². The van der Waals surface area contributed by atoms with Crippen LogP contribution < -0.4 is 5.32 Å². The Hall–Kier alpha value is -0.480. The second-order valence-electron chi connectivity index (χ2n) is 4.26. The lowest BCUT2D eigenvalue weighted by atomic mass is 10.1. The summed E-state index contributed by atoms with van der Waals surface area (Å²) in [4.78, 5) is 0. The van der Waals surface area contributed by atoms with Gasteiger partial charge in [0.1, 0.15) is 10.0 Å². The Bertz CT molecular complexity index is 286. The van der Waals surface area contributed by atoms with Crippen molar-refractivity contribution in [3.8, 4) is 0 Å². The third-order valence-electron chi connectivity index (χ3n) is 2.72. The van der Waals surface area contributed by atoms with Crippen LogP contribution in [0.5, 0.6) is 0 Å². The number of hydrogen-bond donors (Lipinski definition) is 1. The Balaban J connectivity index is 2.28. The molecular weight excluding hydrogens is 218 g/mol. The number of aryl methyl sites for hydroxylation is 1. The predicted molar refractivity (Wildman–Crippen MR) is 69.9 cm³/mol. The molecule has 1 atom stereocenters. The molecule has 0 bridgehead atoms. The summed E-state index contributed by atoms with van der Waals surface area (Å²) < 4.78 is 0. The zero-order chi connectivity index (χ0) is 11.8. The zero-order valence-electron chi connectivity index (χ0n) is 10.6. The third-order valence-corrected chi connectivity index (χ3v) is 3.73. The van der Waals surface area contributed by atoms with E-state index in [1.54, 1.807) is 11.3 Å². The summed E-state index contributed by atoms with van der Waals surface area (Å²) in [6.45, 7) is 8.76. The Morgan fingerprint density at radius 1 is 1.25 bits per heavy atom. The van der Waals surface area contributed by atoms with E-state index in [9.17, 15) is 0 Å². The molecule has 4 heteroatoms. The van der Waals surface area contributed by atoms with Crippen LogP contribution in [0.2, 0.25) is 0 Å². The highest BCUT2D eigenvalue weighted by molar-refractivity contribution is 7.11. The van der Waals surface area contributed by atoms with Gasteiger partial charge in [0.15, 0.2) is 0 Å². The first-order valence-corrected chi connectivity index (χ1v) is 7.09. The molecule has 1 aromatic heterocycles. The van der Waals surface area contributed by atoms with E-state index < -0.39 is 0 Å². The molecule has 0 radical (unpaired) electrons. The molecule has 0 aromatic carbocycles. The molecule has 92 valence electrons. The first kappa shape index (κ1) is 13.6. The fourth-order valence-electron chi connectivity index (χ4n) is 1.46. The van der Waals surface area contributed by atoms with E-state index in [1.807, 2.05) is 0 Å². The largest absolute Gasteiger partial charge is 0.317 e. The summed E-state index contributed by atoms with van der Waals surface area (Å²) >= 11 is 1.78. The van der Waals surface area contributed by atoms with E-state index >= 15 is 0 Å². The molecule has 0 aliphatic heterocycles. The monoisotopic (exact) mass is 241 g/mol. The summed E-state index contributed by atoms with van der Waals surface area (Å²) in [6, 6.07) is 0. The number of nitrogens with one attached hydrogen (secondary N) is 1. The average molecular weight is 241 g/mol. The van der Waals surface area contributed by atoms with Crippen molar-refractivity contribution in [2.75, 3.05) is 13.1 Å². The SMILES string of the molecule is CCNCCCc1nnc(CC(C)CC)s1. The van der Waals surface area contributed by atoms with Crippen molar-refractivity contribution in [2.24, 2.45) is 5.92 Å². The van der Waals surface area contributed by atoms with Crippen molar-refractivity contribution >= 4 is 11.3 Å². The first-order chi connectivity index (χ1) is 7.76. The van der Waals surface area contributed by atoms with Crippen LogP contribution in [0.4, 0.5) is 0 Å². The molecule has 0 aliphatic carbocycles. The molecule has 1 rings (SSSR count). The highest BCUT2D eigenvalue weighted by Crippen LogP contribution is 2.16. The maximum atomic E-state index is 4.25. The lowest BCUT2D eigenvalue weighted by Crippen LogP contribution is -2.14. The van der Waals surface area contributed by atoms with E-state index in [2.05, 4.69) is 36.3 Å². The Morgan fingerprint density at radius 2 is 2.00 bits per heavy atom. The molecule has 16 heavy (non-hydrogen) atoms. The van der Waals surface area contributed by atoms with Crippen LogP contribution in [0.3, 0.4) is 0 Å². The van der Waals surface area contributed by atoms with Gasteiger partial charge in [-0.3, -0.25) is 0 Å². The van der Waals surface area contributed by atoms with Crippen molar-refractivity contribution in [1.29, 1.82) is 0 Å². The second-order valence-corrected chi connectivity index (χ2v) is 5.41. The van der Waals surface area contributed by atoms with Crippen LogP contribution in [0, 0.1) is 5.92 Å². The van der Waals surface area contributed by atoms with E-state index in [0.29, 0.717) is 0 Å². The molecule has 0 fully saturated rings. The molecule has 3 nitrogen and oxygen atoms in total. The number of nitrogens with zero attached hydrogens (tertiary/aromatic N) is 2. The molecule has 1 unspecified atom stereocenters. The van der Waals surface area contributed by atoms with E-state index in [0.717, 1.165) is 38.3 Å². The number of aromatic nitrogens is 2. The quantitative estimate of drug-likeness (QED) is 0.711. The van der Waals surface area contributed by atoms with Gasteiger partial charge in [-0.05, 0) is 25.4 Å². The Morgan fingerprint density at radius 3 is 2.69 bits per heavy atom. The van der Waals surface area contributed by atoms with E-state index in [4.69, 9.17) is 0 Å². The van der Waals surface area contributed by atoms with Gasteiger partial charge < -0.3 is 5.32 Å². The minimum absolute atomic E-state index is 0.725. The van der Waals surface area contributed by atoms with Crippen LogP contribution in [-0.4, -0.2) is 23.3 Å². The van der Waals surface area contributed by atoms with Gasteiger partial charge in [0.05, 0.1) is 0 Å². The molecule has 1 heterocycles. The molecule has 1 aromatic rings. The molecular formula is C12H23N3S. The van der Waals surface area contributed by atoms with Crippen LogP contribution in [-0.2, 0) is 12.8 Å². The molecule has 0 saturated heterocycles. The lowest BCUT2D eigenvalue weighted by Gasteiger charge is -2.02. The van der Waals surface area contributed by atoms with Crippen molar-refractivity contribution < 1.29 is 0 Å². The zero-order valence-corrected chi connectivity index (χ0v) is 11.4. The van der Waals surface area contributed by atoms with Crippen LogP contribution in [0.15, 0.2) is 0 Å². The van der Waals surface area contributed by atoms with Gasteiger partial charge >= 0.3 is 0 Å². The average Bonchev–Trinajstić information content (AvgIpc) is 2.72. The molecule has 0 amide bonds. The molecule has 0 saturated carbocycles. The maximum absolute atomic E-state index is 4.25. The summed E-state index contributed by atoms with van der Waals surface area (Å²) in [6.07, 6.45) is 4.52. The van der Waals surface area contributed by atoms with Gasteiger partial charge in [0.2, 0.25) is 0 Å². The predicted octanol–water partition coefficient (Wildman–Crippen LogP) is 2.67. The van der Waals surface area contributed by atoms with Crippen molar-refractivity contribution in [1.82, 2.24) is 15.5 Å². The summed E-state index contributed by atoms with van der Waals surface area (Å²) in [5, 5.41) is 14.2. The molecule has 0 aliphatic rings. The highest BCUT2D eigenvalue weighted by atomic mass is 32.1. The van der Waals surface area contributed by atoms with Gasteiger partial charge in [-0.15, -0.1) is 21.5 Å². The second kappa shape index (κ2) is 7.74. The number of hydrogen-bond acceptors (Lipinski definition) is 4. The smallest absolute Gasteiger partial charge is 0.117 e. The van der Waals surface area contributed by atoms with Gasteiger partial charge in [0, 0.05) is 12.8 Å². The van der Waals surface area contributed by atoms with Crippen molar-refractivity contribution in [2.45, 2.75) is 46.5 Å². The van der Waals surface area contributed by atoms with Crippen LogP contribution >= 0.6 is 11.3 Å². The lowest BCUT2D eigenvalue weighted by molar-refractivity contribution is 0.556. The van der Waals surface area contributed by atoms with E-state index in [-0.39, 0.29) is 0 Å². The van der Waals surface area contributed by atoms with Crippen LogP contribution in [0.25, 0.3) is 0 Å². The standard InChI is InChI=1S/C12H23N3S/c1-4-10(3)9-12-15-14-11(16-12)7-6-8-13-5-2/h10,13H,4-9H2,1-3H3. The topological polar surface area (TPSA) is 37.8 Å². The first-order valence-electron chi connectivity index (χ1n) is 6.28.